The number of amides is 3. The topological polar surface area (TPSA) is 84.0 Å². The molecule has 2 aliphatic heterocycles. The van der Waals surface area contributed by atoms with E-state index >= 15 is 0 Å². The number of esters is 1. The molecule has 6 aliphatic rings. The van der Waals surface area contributed by atoms with E-state index in [1.54, 1.807) is 43.3 Å². The minimum atomic E-state index is -0.670. The lowest BCUT2D eigenvalue weighted by molar-refractivity contribution is -0.139. The SMILES string of the molecule is Cc1cc(OC(=O)[C@@H]2CC(=O)N(c3cc(Cl)ccc3Cl)C2)ccc1N1C(=O)[C@@H]2[C@H]3C=C[C@@H]([C@@H]4C[C@H]34)[C@@H]2C1=O. The van der Waals surface area contributed by atoms with Crippen molar-refractivity contribution in [3.63, 3.8) is 0 Å². The maximum atomic E-state index is 13.4. The molecule has 3 amide bonds. The van der Waals surface area contributed by atoms with E-state index < -0.39 is 11.9 Å². The van der Waals surface area contributed by atoms with Crippen LogP contribution in [0.4, 0.5) is 11.4 Å². The van der Waals surface area contributed by atoms with Crippen molar-refractivity contribution >= 4 is 58.3 Å². The van der Waals surface area contributed by atoms with Gasteiger partial charge in [0.1, 0.15) is 5.75 Å². The van der Waals surface area contributed by atoms with Crippen molar-refractivity contribution in [3.05, 3.63) is 64.2 Å². The fourth-order valence-corrected chi connectivity index (χ4v) is 7.51. The molecule has 2 aromatic carbocycles. The first-order valence-corrected chi connectivity index (χ1v) is 13.6. The first-order chi connectivity index (χ1) is 18.2. The third kappa shape index (κ3) is 3.48. The van der Waals surface area contributed by atoms with Crippen LogP contribution in [0.1, 0.15) is 18.4 Å². The van der Waals surface area contributed by atoms with Gasteiger partial charge >= 0.3 is 5.97 Å². The Hall–Kier alpha value is -3.16. The first kappa shape index (κ1) is 23.9. The van der Waals surface area contributed by atoms with Crippen molar-refractivity contribution in [2.75, 3.05) is 16.3 Å². The predicted octanol–water partition coefficient (Wildman–Crippen LogP) is 4.82. The summed E-state index contributed by atoms with van der Waals surface area (Å²) in [5.74, 6) is -0.535. The maximum Gasteiger partial charge on any atom is 0.316 e. The van der Waals surface area contributed by atoms with Crippen LogP contribution in [0, 0.1) is 48.3 Å². The van der Waals surface area contributed by atoms with E-state index in [4.69, 9.17) is 27.9 Å². The first-order valence-electron chi connectivity index (χ1n) is 12.9. The number of nitrogens with zero attached hydrogens (tertiary/aromatic N) is 2. The highest BCUT2D eigenvalue weighted by atomic mass is 35.5. The molecule has 2 heterocycles. The molecule has 7 nitrogen and oxygen atoms in total. The van der Waals surface area contributed by atoms with Gasteiger partial charge in [0.2, 0.25) is 17.7 Å². The van der Waals surface area contributed by atoms with Crippen LogP contribution in [0.2, 0.25) is 10.0 Å². The second kappa shape index (κ2) is 8.42. The van der Waals surface area contributed by atoms with E-state index in [0.29, 0.717) is 44.6 Å². The molecule has 8 rings (SSSR count). The molecule has 2 saturated heterocycles. The Labute approximate surface area is 229 Å². The quantitative estimate of drug-likeness (QED) is 0.236. The molecule has 0 aromatic heterocycles. The minimum Gasteiger partial charge on any atom is -0.426 e. The van der Waals surface area contributed by atoms with Gasteiger partial charge in [0.25, 0.3) is 0 Å². The van der Waals surface area contributed by atoms with Crippen LogP contribution in [0.5, 0.6) is 5.75 Å². The van der Waals surface area contributed by atoms with Crippen molar-refractivity contribution in [2.45, 2.75) is 19.8 Å². The third-order valence-electron chi connectivity index (χ3n) is 8.95. The van der Waals surface area contributed by atoms with Gasteiger partial charge in [0.15, 0.2) is 0 Å². The molecule has 0 radical (unpaired) electrons. The number of hydrogen-bond acceptors (Lipinski definition) is 5. The summed E-state index contributed by atoms with van der Waals surface area (Å²) < 4.78 is 5.62. The van der Waals surface area contributed by atoms with Gasteiger partial charge in [-0.2, -0.15) is 0 Å². The summed E-state index contributed by atoms with van der Waals surface area (Å²) in [5.41, 5.74) is 1.65. The monoisotopic (exact) mass is 550 g/mol. The Morgan fingerprint density at radius 3 is 2.26 bits per heavy atom. The number of ether oxygens (including phenoxy) is 1. The highest BCUT2D eigenvalue weighted by Gasteiger charge is 2.67. The average molecular weight is 551 g/mol. The number of hydrogen-bond donors (Lipinski definition) is 0. The summed E-state index contributed by atoms with van der Waals surface area (Å²) in [6, 6.07) is 9.75. The summed E-state index contributed by atoms with van der Waals surface area (Å²) >= 11 is 12.3. The number of carbonyl (C=O) groups is 4. The van der Waals surface area contributed by atoms with Gasteiger partial charge in [0, 0.05) is 18.0 Å². The lowest BCUT2D eigenvalue weighted by atomic mass is 9.63. The van der Waals surface area contributed by atoms with Crippen LogP contribution < -0.4 is 14.5 Å². The third-order valence-corrected chi connectivity index (χ3v) is 9.50. The van der Waals surface area contributed by atoms with Crippen LogP contribution >= 0.6 is 23.2 Å². The molecule has 2 saturated carbocycles. The molecule has 194 valence electrons. The predicted molar refractivity (Wildman–Crippen MR) is 141 cm³/mol. The van der Waals surface area contributed by atoms with Gasteiger partial charge < -0.3 is 9.64 Å². The van der Waals surface area contributed by atoms with Gasteiger partial charge in [-0.15, -0.1) is 0 Å². The molecule has 7 atom stereocenters. The Balaban J connectivity index is 1.07. The lowest BCUT2D eigenvalue weighted by Gasteiger charge is -2.37. The van der Waals surface area contributed by atoms with Crippen molar-refractivity contribution in [1.82, 2.24) is 0 Å². The van der Waals surface area contributed by atoms with E-state index in [-0.39, 0.29) is 54.4 Å². The number of allylic oxidation sites excluding steroid dienone is 2. The molecular weight excluding hydrogens is 527 g/mol. The second-order valence-electron chi connectivity index (χ2n) is 11.0. The normalized spacial score (nSPS) is 32.6. The molecule has 38 heavy (non-hydrogen) atoms. The van der Waals surface area contributed by atoms with Gasteiger partial charge in [-0.1, -0.05) is 35.4 Å². The largest absolute Gasteiger partial charge is 0.426 e. The zero-order chi connectivity index (χ0) is 26.5. The van der Waals surface area contributed by atoms with E-state index in [1.807, 2.05) is 0 Å². The standard InChI is InChI=1S/C29H24Cl2N2O5/c1-13-8-16(38-29(37)14-9-24(34)32(12-14)23-10-15(30)2-6-21(23)31)3-7-22(13)33-27(35)25-17-4-5-18(20-11-19(17)20)26(25)28(33)36/h2-8,10,14,17-20,25-26H,9,11-12H2,1H3/t14-,17+,18+,19-,20+,25-,26+/m1/s1. The van der Waals surface area contributed by atoms with E-state index in [9.17, 15) is 19.2 Å². The number of halogens is 2. The Bertz CT molecular complexity index is 1430. The highest BCUT2D eigenvalue weighted by Crippen LogP contribution is 2.65. The molecule has 4 fully saturated rings. The van der Waals surface area contributed by atoms with Crippen molar-refractivity contribution < 1.29 is 23.9 Å². The number of benzene rings is 2. The molecule has 0 spiro atoms. The fraction of sp³-hybridized carbons (Fsp3) is 0.379. The highest BCUT2D eigenvalue weighted by molar-refractivity contribution is 6.36. The van der Waals surface area contributed by atoms with Gasteiger partial charge in [-0.05, 0) is 79.0 Å². The Morgan fingerprint density at radius 2 is 1.61 bits per heavy atom. The van der Waals surface area contributed by atoms with E-state index in [1.165, 1.54) is 9.80 Å². The van der Waals surface area contributed by atoms with E-state index in [2.05, 4.69) is 12.2 Å². The summed E-state index contributed by atoms with van der Waals surface area (Å²) in [7, 11) is 0. The fourth-order valence-electron chi connectivity index (χ4n) is 7.13. The molecule has 9 heteroatoms. The van der Waals surface area contributed by atoms with Crippen molar-refractivity contribution in [1.29, 1.82) is 0 Å². The average Bonchev–Trinajstić information content (AvgIpc) is 3.57. The zero-order valence-electron chi connectivity index (χ0n) is 20.5. The number of aryl methyl sites for hydroxylation is 1. The smallest absolute Gasteiger partial charge is 0.316 e. The Morgan fingerprint density at radius 1 is 0.921 bits per heavy atom. The lowest BCUT2D eigenvalue weighted by Crippen LogP contribution is -2.40. The molecule has 2 aromatic rings. The summed E-state index contributed by atoms with van der Waals surface area (Å²) in [6.45, 7) is 1.92. The molecule has 0 unspecified atom stereocenters. The van der Waals surface area contributed by atoms with Gasteiger partial charge in [-0.25, -0.2) is 4.90 Å². The van der Waals surface area contributed by atoms with Crippen LogP contribution in [0.15, 0.2) is 48.6 Å². The number of imide groups is 1. The van der Waals surface area contributed by atoms with Gasteiger partial charge in [-0.3, -0.25) is 19.2 Å². The van der Waals surface area contributed by atoms with Crippen molar-refractivity contribution in [2.24, 2.45) is 41.4 Å². The number of anilines is 2. The van der Waals surface area contributed by atoms with Crippen LogP contribution in [0.25, 0.3) is 0 Å². The molecular formula is C29H24Cl2N2O5. The second-order valence-corrected chi connectivity index (χ2v) is 11.9. The van der Waals surface area contributed by atoms with Crippen molar-refractivity contribution in [3.8, 4) is 5.75 Å². The Kier molecular flexibility index (Phi) is 5.30. The van der Waals surface area contributed by atoms with Gasteiger partial charge in [0.05, 0.1) is 34.2 Å². The summed E-state index contributed by atoms with van der Waals surface area (Å²) in [4.78, 5) is 55.3. The number of carbonyl (C=O) groups excluding carboxylic acids is 4. The molecule has 0 N–H and O–H groups in total. The van der Waals surface area contributed by atoms with E-state index in [0.717, 1.165) is 6.42 Å². The minimum absolute atomic E-state index is 0.00332. The summed E-state index contributed by atoms with van der Waals surface area (Å²) in [5, 5.41) is 0.809. The summed E-state index contributed by atoms with van der Waals surface area (Å²) in [6.07, 6.45) is 5.42. The molecule has 4 aliphatic carbocycles. The molecule has 2 bridgehead atoms. The van der Waals surface area contributed by atoms with Crippen LogP contribution in [0.3, 0.4) is 0 Å². The van der Waals surface area contributed by atoms with Crippen LogP contribution in [-0.2, 0) is 19.2 Å². The van der Waals surface area contributed by atoms with Crippen LogP contribution in [-0.4, -0.2) is 30.2 Å². The number of rotatable bonds is 4. The maximum absolute atomic E-state index is 13.4. The zero-order valence-corrected chi connectivity index (χ0v) is 22.0.